The normalized spacial score (nSPS) is 16.9. The van der Waals surface area contributed by atoms with Crippen LogP contribution >= 0.6 is 11.8 Å². The Balaban J connectivity index is 1.22. The SMILES string of the molecule is Cc1cccc(N2CCN(C(=O)CSc3nnc(CN4CCCC4)n3-c3ccccc3)CC2)c1. The fourth-order valence-electron chi connectivity index (χ4n) is 4.73. The predicted octanol–water partition coefficient (Wildman–Crippen LogP) is 3.61. The first-order valence-electron chi connectivity index (χ1n) is 12.1. The van der Waals surface area contributed by atoms with Crippen LogP contribution in [0.25, 0.3) is 5.69 Å². The summed E-state index contributed by atoms with van der Waals surface area (Å²) in [6.45, 7) is 8.34. The van der Waals surface area contributed by atoms with Crippen LogP contribution in [0.15, 0.2) is 59.8 Å². The van der Waals surface area contributed by atoms with Gasteiger partial charge in [0.25, 0.3) is 0 Å². The van der Waals surface area contributed by atoms with Crippen LogP contribution < -0.4 is 4.90 Å². The minimum absolute atomic E-state index is 0.164. The number of anilines is 1. The van der Waals surface area contributed by atoms with Gasteiger partial charge in [-0.25, -0.2) is 0 Å². The number of amides is 1. The highest BCUT2D eigenvalue weighted by atomic mass is 32.2. The van der Waals surface area contributed by atoms with Crippen LogP contribution in [0.5, 0.6) is 0 Å². The van der Waals surface area contributed by atoms with Crippen molar-refractivity contribution in [3.8, 4) is 5.69 Å². The second kappa shape index (κ2) is 10.6. The van der Waals surface area contributed by atoms with E-state index in [9.17, 15) is 4.79 Å². The van der Waals surface area contributed by atoms with E-state index in [1.807, 2.05) is 23.1 Å². The van der Waals surface area contributed by atoms with Gasteiger partial charge in [-0.2, -0.15) is 0 Å². The second-order valence-corrected chi connectivity index (χ2v) is 9.99. The first-order valence-corrected chi connectivity index (χ1v) is 13.1. The number of carbonyl (C=O) groups is 1. The minimum Gasteiger partial charge on any atom is -0.368 e. The zero-order valence-corrected chi connectivity index (χ0v) is 20.6. The Bertz CT molecular complexity index is 1100. The van der Waals surface area contributed by atoms with Crippen LogP contribution in [0, 0.1) is 6.92 Å². The number of piperazine rings is 1. The molecule has 3 heterocycles. The quantitative estimate of drug-likeness (QED) is 0.486. The highest BCUT2D eigenvalue weighted by molar-refractivity contribution is 7.99. The van der Waals surface area contributed by atoms with Crippen molar-refractivity contribution >= 4 is 23.4 Å². The number of aryl methyl sites for hydroxylation is 1. The summed E-state index contributed by atoms with van der Waals surface area (Å²) in [5.74, 6) is 1.48. The molecule has 3 aromatic rings. The van der Waals surface area contributed by atoms with Crippen molar-refractivity contribution in [3.05, 3.63) is 66.0 Å². The summed E-state index contributed by atoms with van der Waals surface area (Å²) in [4.78, 5) is 19.8. The van der Waals surface area contributed by atoms with Crippen LogP contribution in [-0.4, -0.2) is 75.5 Å². The number of aromatic nitrogens is 3. The zero-order chi connectivity index (χ0) is 23.3. The fourth-order valence-corrected chi connectivity index (χ4v) is 5.60. The Morgan fingerprint density at radius 1 is 0.882 bits per heavy atom. The molecular formula is C26H32N6OS. The smallest absolute Gasteiger partial charge is 0.233 e. The molecule has 0 atom stereocenters. The predicted molar refractivity (Wildman–Crippen MR) is 137 cm³/mol. The lowest BCUT2D eigenvalue weighted by molar-refractivity contribution is -0.128. The number of hydrogen-bond acceptors (Lipinski definition) is 6. The van der Waals surface area contributed by atoms with Crippen LogP contribution in [0.2, 0.25) is 0 Å². The topological polar surface area (TPSA) is 57.5 Å². The van der Waals surface area contributed by atoms with Crippen LogP contribution in [0.3, 0.4) is 0 Å². The van der Waals surface area contributed by atoms with Gasteiger partial charge in [0.1, 0.15) is 0 Å². The molecule has 2 aliphatic heterocycles. The van der Waals surface area contributed by atoms with Gasteiger partial charge >= 0.3 is 0 Å². The number of hydrogen-bond donors (Lipinski definition) is 0. The lowest BCUT2D eigenvalue weighted by atomic mass is 10.2. The van der Waals surface area contributed by atoms with E-state index in [0.29, 0.717) is 5.75 Å². The van der Waals surface area contributed by atoms with Crippen molar-refractivity contribution in [1.29, 1.82) is 0 Å². The summed E-state index contributed by atoms with van der Waals surface area (Å²) in [5, 5.41) is 9.78. The molecule has 0 unspecified atom stereocenters. The van der Waals surface area contributed by atoms with Gasteiger partial charge < -0.3 is 9.80 Å². The van der Waals surface area contributed by atoms with E-state index in [0.717, 1.165) is 62.5 Å². The second-order valence-electron chi connectivity index (χ2n) is 9.05. The molecule has 2 aromatic carbocycles. The average molecular weight is 477 g/mol. The third-order valence-corrected chi connectivity index (χ3v) is 7.52. The van der Waals surface area contributed by atoms with Crippen LogP contribution in [-0.2, 0) is 11.3 Å². The largest absolute Gasteiger partial charge is 0.368 e. The van der Waals surface area contributed by atoms with Gasteiger partial charge in [0.05, 0.1) is 12.3 Å². The van der Waals surface area contributed by atoms with Crippen LogP contribution in [0.4, 0.5) is 5.69 Å². The van der Waals surface area contributed by atoms with E-state index in [1.54, 1.807) is 0 Å². The van der Waals surface area contributed by atoms with Crippen molar-refractivity contribution in [1.82, 2.24) is 24.6 Å². The number of likely N-dealkylation sites (tertiary alicyclic amines) is 1. The number of nitrogens with zero attached hydrogens (tertiary/aromatic N) is 6. The van der Waals surface area contributed by atoms with E-state index in [4.69, 9.17) is 0 Å². The number of para-hydroxylation sites is 1. The highest BCUT2D eigenvalue weighted by Gasteiger charge is 2.24. The highest BCUT2D eigenvalue weighted by Crippen LogP contribution is 2.25. The zero-order valence-electron chi connectivity index (χ0n) is 19.8. The Hall–Kier alpha value is -2.84. The van der Waals surface area contributed by atoms with Gasteiger partial charge in [0.15, 0.2) is 11.0 Å². The van der Waals surface area contributed by atoms with E-state index in [1.165, 1.54) is 35.9 Å². The third kappa shape index (κ3) is 5.28. The molecule has 1 aromatic heterocycles. The summed E-state index contributed by atoms with van der Waals surface area (Å²) in [6.07, 6.45) is 2.49. The number of carbonyl (C=O) groups excluding carboxylic acids is 1. The van der Waals surface area contributed by atoms with Crippen molar-refractivity contribution in [3.63, 3.8) is 0 Å². The van der Waals surface area contributed by atoms with Crippen molar-refractivity contribution in [2.75, 3.05) is 49.9 Å². The molecule has 2 aliphatic rings. The molecular weight excluding hydrogens is 444 g/mol. The van der Waals surface area contributed by atoms with E-state index < -0.39 is 0 Å². The summed E-state index contributed by atoms with van der Waals surface area (Å²) in [7, 11) is 0. The molecule has 1 amide bonds. The summed E-state index contributed by atoms with van der Waals surface area (Å²) < 4.78 is 2.12. The fraction of sp³-hybridized carbons (Fsp3) is 0.423. The Morgan fingerprint density at radius 2 is 1.62 bits per heavy atom. The Labute approximate surface area is 205 Å². The molecule has 8 heteroatoms. The number of thioether (sulfide) groups is 1. The molecule has 0 radical (unpaired) electrons. The molecule has 34 heavy (non-hydrogen) atoms. The van der Waals surface area contributed by atoms with Crippen molar-refractivity contribution < 1.29 is 4.79 Å². The lowest BCUT2D eigenvalue weighted by Crippen LogP contribution is -2.49. The Morgan fingerprint density at radius 3 is 2.35 bits per heavy atom. The Kier molecular flexibility index (Phi) is 7.16. The van der Waals surface area contributed by atoms with E-state index >= 15 is 0 Å². The average Bonchev–Trinajstić information content (AvgIpc) is 3.53. The summed E-state index contributed by atoms with van der Waals surface area (Å²) in [5.41, 5.74) is 3.55. The maximum Gasteiger partial charge on any atom is 0.233 e. The van der Waals surface area contributed by atoms with E-state index in [2.05, 4.69) is 67.9 Å². The number of benzene rings is 2. The van der Waals surface area contributed by atoms with Gasteiger partial charge in [-0.15, -0.1) is 10.2 Å². The first-order chi connectivity index (χ1) is 16.7. The van der Waals surface area contributed by atoms with Crippen molar-refractivity contribution in [2.45, 2.75) is 31.5 Å². The minimum atomic E-state index is 0.164. The molecule has 0 saturated carbocycles. The molecule has 0 N–H and O–H groups in total. The molecule has 0 aliphatic carbocycles. The molecule has 0 bridgehead atoms. The molecule has 0 spiro atoms. The molecule has 2 saturated heterocycles. The summed E-state index contributed by atoms with van der Waals surface area (Å²) >= 11 is 1.49. The molecule has 178 valence electrons. The van der Waals surface area contributed by atoms with Crippen molar-refractivity contribution in [2.24, 2.45) is 0 Å². The van der Waals surface area contributed by atoms with Crippen LogP contribution in [0.1, 0.15) is 24.2 Å². The molecule has 7 nitrogen and oxygen atoms in total. The van der Waals surface area contributed by atoms with E-state index in [-0.39, 0.29) is 5.91 Å². The number of rotatable bonds is 7. The lowest BCUT2D eigenvalue weighted by Gasteiger charge is -2.36. The first kappa shape index (κ1) is 22.9. The molecule has 5 rings (SSSR count). The van der Waals surface area contributed by atoms with Gasteiger partial charge in [-0.05, 0) is 62.7 Å². The standard InChI is InChI=1S/C26H32N6OS/c1-21-8-7-11-23(18-21)30-14-16-31(17-15-30)25(33)20-34-26-28-27-24(19-29-12-5-6-13-29)32(26)22-9-3-2-4-10-22/h2-4,7-11,18H,5-6,12-17,19-20H2,1H3. The maximum atomic E-state index is 13.0. The molecule has 2 fully saturated rings. The van der Waals surface area contributed by atoms with Gasteiger partial charge in [0, 0.05) is 37.6 Å². The maximum absolute atomic E-state index is 13.0. The van der Waals surface area contributed by atoms with Gasteiger partial charge in [0.2, 0.25) is 5.91 Å². The van der Waals surface area contributed by atoms with Gasteiger partial charge in [-0.3, -0.25) is 14.3 Å². The summed E-state index contributed by atoms with van der Waals surface area (Å²) in [6, 6.07) is 18.8. The third-order valence-electron chi connectivity index (χ3n) is 6.60. The van der Waals surface area contributed by atoms with Gasteiger partial charge in [-0.1, -0.05) is 42.1 Å². The monoisotopic (exact) mass is 476 g/mol.